The molecule has 1 aliphatic heterocycles. The van der Waals surface area contributed by atoms with E-state index in [1.807, 2.05) is 7.05 Å². The average Bonchev–Trinajstić information content (AvgIpc) is 2.73. The number of hydrogen-bond acceptors (Lipinski definition) is 3. The van der Waals surface area contributed by atoms with Crippen molar-refractivity contribution in [3.63, 3.8) is 0 Å². The Morgan fingerprint density at radius 2 is 2.33 bits per heavy atom. The molecule has 0 spiro atoms. The van der Waals surface area contributed by atoms with Crippen LogP contribution in [0.5, 0.6) is 5.75 Å². The summed E-state index contributed by atoms with van der Waals surface area (Å²) in [5.74, 6) is -0.203. The third-order valence-electron chi connectivity index (χ3n) is 3.06. The average molecular weight is 252 g/mol. The fraction of sp³-hybridized carbons (Fsp3) is 0.462. The van der Waals surface area contributed by atoms with Gasteiger partial charge in [-0.1, -0.05) is 0 Å². The van der Waals surface area contributed by atoms with Gasteiger partial charge in [-0.05, 0) is 26.1 Å². The Morgan fingerprint density at radius 3 is 2.89 bits per heavy atom. The van der Waals surface area contributed by atoms with Crippen LogP contribution < -0.4 is 15.0 Å². The fourth-order valence-corrected chi connectivity index (χ4v) is 2.08. The summed E-state index contributed by atoms with van der Waals surface area (Å²) >= 11 is 0. The van der Waals surface area contributed by atoms with Crippen molar-refractivity contribution in [1.29, 1.82) is 0 Å². The molecule has 0 aliphatic carbocycles. The highest BCUT2D eigenvalue weighted by atomic mass is 19.1. The molecule has 1 saturated heterocycles. The van der Waals surface area contributed by atoms with Crippen molar-refractivity contribution in [2.45, 2.75) is 19.4 Å². The summed E-state index contributed by atoms with van der Waals surface area (Å²) in [6, 6.07) is 4.76. The standard InChI is InChI=1S/C13H17FN2O2/c1-3-18-12-5-4-10(7-11(12)14)16-8-9(15-2)6-13(16)17/h4-5,7,9,15H,3,6,8H2,1-2H3. The molecule has 1 unspecified atom stereocenters. The van der Waals surface area contributed by atoms with Gasteiger partial charge in [0.05, 0.1) is 6.61 Å². The summed E-state index contributed by atoms with van der Waals surface area (Å²) in [5, 5.41) is 3.06. The lowest BCUT2D eigenvalue weighted by molar-refractivity contribution is -0.117. The minimum atomic E-state index is -0.435. The van der Waals surface area contributed by atoms with E-state index in [0.717, 1.165) is 0 Å². The highest BCUT2D eigenvalue weighted by Gasteiger charge is 2.29. The first-order valence-electron chi connectivity index (χ1n) is 6.05. The van der Waals surface area contributed by atoms with Crippen LogP contribution in [0.1, 0.15) is 13.3 Å². The molecule has 5 heteroatoms. The fourth-order valence-electron chi connectivity index (χ4n) is 2.08. The first-order chi connectivity index (χ1) is 8.65. The number of amides is 1. The van der Waals surface area contributed by atoms with Crippen molar-refractivity contribution in [2.24, 2.45) is 0 Å². The van der Waals surface area contributed by atoms with Crippen LogP contribution in [-0.2, 0) is 4.79 Å². The summed E-state index contributed by atoms with van der Waals surface area (Å²) < 4.78 is 18.9. The Labute approximate surface area is 106 Å². The predicted octanol–water partition coefficient (Wildman–Crippen LogP) is 1.55. The third-order valence-corrected chi connectivity index (χ3v) is 3.06. The number of halogens is 1. The summed E-state index contributed by atoms with van der Waals surface area (Å²) in [4.78, 5) is 13.4. The summed E-state index contributed by atoms with van der Waals surface area (Å²) in [6.07, 6.45) is 0.450. The van der Waals surface area contributed by atoms with Gasteiger partial charge in [-0.15, -0.1) is 0 Å². The van der Waals surface area contributed by atoms with Gasteiger partial charge in [-0.2, -0.15) is 0 Å². The smallest absolute Gasteiger partial charge is 0.228 e. The number of likely N-dealkylation sites (N-methyl/N-ethyl adjacent to an activating group) is 1. The van der Waals surface area contributed by atoms with Crippen LogP contribution >= 0.6 is 0 Å². The molecule has 0 saturated carbocycles. The first kappa shape index (κ1) is 12.8. The predicted molar refractivity (Wildman–Crippen MR) is 67.4 cm³/mol. The van der Waals surface area contributed by atoms with E-state index in [1.165, 1.54) is 6.07 Å². The number of rotatable bonds is 4. The lowest BCUT2D eigenvalue weighted by atomic mass is 10.2. The van der Waals surface area contributed by atoms with Crippen LogP contribution in [0.2, 0.25) is 0 Å². The number of carbonyl (C=O) groups excluding carboxylic acids is 1. The summed E-state index contributed by atoms with van der Waals surface area (Å²) in [7, 11) is 1.82. The molecule has 1 atom stereocenters. The van der Waals surface area contributed by atoms with E-state index in [-0.39, 0.29) is 17.7 Å². The number of carbonyl (C=O) groups is 1. The van der Waals surface area contributed by atoms with Crippen LogP contribution in [0.4, 0.5) is 10.1 Å². The quantitative estimate of drug-likeness (QED) is 0.884. The van der Waals surface area contributed by atoms with Crippen molar-refractivity contribution in [1.82, 2.24) is 5.32 Å². The number of anilines is 1. The maximum absolute atomic E-state index is 13.7. The van der Waals surface area contributed by atoms with Gasteiger partial charge >= 0.3 is 0 Å². The van der Waals surface area contributed by atoms with Crippen molar-refractivity contribution in [3.8, 4) is 5.75 Å². The maximum atomic E-state index is 13.7. The van der Waals surface area contributed by atoms with Crippen LogP contribution in [0.15, 0.2) is 18.2 Å². The molecule has 2 rings (SSSR count). The molecule has 98 valence electrons. The van der Waals surface area contributed by atoms with Gasteiger partial charge in [0.15, 0.2) is 11.6 Å². The largest absolute Gasteiger partial charge is 0.491 e. The Kier molecular flexibility index (Phi) is 3.81. The van der Waals surface area contributed by atoms with Gasteiger partial charge in [-0.25, -0.2) is 4.39 Å². The minimum Gasteiger partial charge on any atom is -0.491 e. The zero-order valence-electron chi connectivity index (χ0n) is 10.6. The maximum Gasteiger partial charge on any atom is 0.228 e. The van der Waals surface area contributed by atoms with E-state index in [0.29, 0.717) is 25.3 Å². The zero-order chi connectivity index (χ0) is 13.1. The monoisotopic (exact) mass is 252 g/mol. The molecule has 4 nitrogen and oxygen atoms in total. The summed E-state index contributed by atoms with van der Waals surface area (Å²) in [5.41, 5.74) is 0.582. The van der Waals surface area contributed by atoms with Gasteiger partial charge in [-0.3, -0.25) is 4.79 Å². The Bertz CT molecular complexity index is 451. The van der Waals surface area contributed by atoms with Crippen LogP contribution in [0.25, 0.3) is 0 Å². The normalized spacial score (nSPS) is 19.4. The molecule has 1 aromatic rings. The molecule has 1 N–H and O–H groups in total. The molecule has 1 amide bonds. The molecule has 1 heterocycles. The van der Waals surface area contributed by atoms with Crippen molar-refractivity contribution in [2.75, 3.05) is 25.1 Å². The van der Waals surface area contributed by atoms with E-state index in [1.54, 1.807) is 24.0 Å². The number of nitrogens with one attached hydrogen (secondary N) is 1. The lowest BCUT2D eigenvalue weighted by Crippen LogP contribution is -2.30. The van der Waals surface area contributed by atoms with Crippen molar-refractivity contribution >= 4 is 11.6 Å². The van der Waals surface area contributed by atoms with Gasteiger partial charge in [0.1, 0.15) is 0 Å². The number of nitrogens with zero attached hydrogens (tertiary/aromatic N) is 1. The SMILES string of the molecule is CCOc1ccc(N2CC(NC)CC2=O)cc1F. The van der Waals surface area contributed by atoms with Gasteiger partial charge in [0, 0.05) is 30.8 Å². The molecule has 0 bridgehead atoms. The van der Waals surface area contributed by atoms with Crippen molar-refractivity contribution in [3.05, 3.63) is 24.0 Å². The topological polar surface area (TPSA) is 41.6 Å². The zero-order valence-corrected chi connectivity index (χ0v) is 10.6. The second-order valence-electron chi connectivity index (χ2n) is 4.24. The molecular weight excluding hydrogens is 235 g/mol. The molecule has 1 aliphatic rings. The highest BCUT2D eigenvalue weighted by molar-refractivity contribution is 5.96. The second-order valence-corrected chi connectivity index (χ2v) is 4.24. The van der Waals surface area contributed by atoms with Gasteiger partial charge < -0.3 is 15.0 Å². The molecule has 1 fully saturated rings. The van der Waals surface area contributed by atoms with Gasteiger partial charge in [0.25, 0.3) is 0 Å². The van der Waals surface area contributed by atoms with Gasteiger partial charge in [0.2, 0.25) is 5.91 Å². The third kappa shape index (κ3) is 2.46. The van der Waals surface area contributed by atoms with Crippen molar-refractivity contribution < 1.29 is 13.9 Å². The van der Waals surface area contributed by atoms with E-state index < -0.39 is 5.82 Å². The molecule has 0 aromatic heterocycles. The van der Waals surface area contributed by atoms with Crippen LogP contribution in [0.3, 0.4) is 0 Å². The first-order valence-corrected chi connectivity index (χ1v) is 6.05. The minimum absolute atomic E-state index is 0.0120. The number of ether oxygens (including phenoxy) is 1. The van der Waals surface area contributed by atoms with E-state index >= 15 is 0 Å². The van der Waals surface area contributed by atoms with Crippen LogP contribution in [0, 0.1) is 5.82 Å². The van der Waals surface area contributed by atoms with E-state index in [4.69, 9.17) is 4.74 Å². The molecule has 18 heavy (non-hydrogen) atoms. The molecule has 0 radical (unpaired) electrons. The molecule has 1 aromatic carbocycles. The van der Waals surface area contributed by atoms with E-state index in [2.05, 4.69) is 5.32 Å². The Hall–Kier alpha value is -1.62. The van der Waals surface area contributed by atoms with E-state index in [9.17, 15) is 9.18 Å². The Balaban J connectivity index is 2.19. The summed E-state index contributed by atoms with van der Waals surface area (Å²) in [6.45, 7) is 2.79. The number of benzene rings is 1. The molecular formula is C13H17FN2O2. The van der Waals surface area contributed by atoms with Crippen LogP contribution in [-0.4, -0.2) is 32.1 Å². The highest BCUT2D eigenvalue weighted by Crippen LogP contribution is 2.26. The number of hydrogen-bond donors (Lipinski definition) is 1. The second kappa shape index (κ2) is 5.35. The Morgan fingerprint density at radius 1 is 1.56 bits per heavy atom. The lowest BCUT2D eigenvalue weighted by Gasteiger charge is -2.17.